The molecule has 78 valence electrons. The summed E-state index contributed by atoms with van der Waals surface area (Å²) >= 11 is 0. The molecule has 5 nitrogen and oxygen atoms in total. The van der Waals surface area contributed by atoms with Crippen LogP contribution in [0.2, 0.25) is 0 Å². The number of hydrogen-bond donors (Lipinski definition) is 1. The van der Waals surface area contributed by atoms with E-state index in [2.05, 4.69) is 0 Å². The predicted octanol–water partition coefficient (Wildman–Crippen LogP) is 1.85. The summed E-state index contributed by atoms with van der Waals surface area (Å²) in [6.45, 7) is 1.67. The second kappa shape index (κ2) is 4.53. The maximum absolute atomic E-state index is 10.7. The van der Waals surface area contributed by atoms with Crippen LogP contribution in [0.15, 0.2) is 18.2 Å². The van der Waals surface area contributed by atoms with E-state index in [1.54, 1.807) is 25.1 Å². The van der Waals surface area contributed by atoms with Crippen LogP contribution in [0.3, 0.4) is 0 Å². The zero-order chi connectivity index (χ0) is 11.4. The van der Waals surface area contributed by atoms with Crippen molar-refractivity contribution in [1.82, 2.24) is 0 Å². The normalized spacial score (nSPS) is 11.8. The van der Waals surface area contributed by atoms with Gasteiger partial charge in [0.25, 0.3) is 5.69 Å². The van der Waals surface area contributed by atoms with Crippen LogP contribution in [0, 0.1) is 28.4 Å². The molecule has 1 aromatic rings. The van der Waals surface area contributed by atoms with Crippen LogP contribution >= 0.6 is 0 Å². The van der Waals surface area contributed by atoms with Gasteiger partial charge in [-0.1, -0.05) is 12.1 Å². The first-order valence-electron chi connectivity index (χ1n) is 4.37. The fraction of sp³-hybridized carbons (Fsp3) is 0.300. The Balaban J connectivity index is 3.25. The summed E-state index contributed by atoms with van der Waals surface area (Å²) in [5.41, 5.74) is 0.703. The standard InChI is InChI=1S/C10H10N2O3/c1-7-3-2-4-8(12(14)15)10(7)9(13)5-6-11/h2-4,9,13H,5H2,1H3. The molecule has 0 saturated carbocycles. The molecule has 0 aliphatic heterocycles. The summed E-state index contributed by atoms with van der Waals surface area (Å²) < 4.78 is 0. The number of nitro benzene ring substituents is 1. The van der Waals surface area contributed by atoms with Crippen molar-refractivity contribution in [2.24, 2.45) is 0 Å². The summed E-state index contributed by atoms with van der Waals surface area (Å²) in [5.74, 6) is 0. The van der Waals surface area contributed by atoms with Gasteiger partial charge in [-0.25, -0.2) is 0 Å². The molecule has 1 aromatic carbocycles. The van der Waals surface area contributed by atoms with Crippen LogP contribution in [0.4, 0.5) is 5.69 Å². The molecule has 1 unspecified atom stereocenters. The summed E-state index contributed by atoms with van der Waals surface area (Å²) in [7, 11) is 0. The van der Waals surface area contributed by atoms with Gasteiger partial charge in [-0.2, -0.15) is 5.26 Å². The lowest BCUT2D eigenvalue weighted by atomic mass is 9.99. The molecule has 1 N–H and O–H groups in total. The summed E-state index contributed by atoms with van der Waals surface area (Å²) in [6, 6.07) is 6.33. The molecule has 1 atom stereocenters. The third-order valence-corrected chi connectivity index (χ3v) is 2.12. The number of nitrogens with zero attached hydrogens (tertiary/aromatic N) is 2. The van der Waals surface area contributed by atoms with Crippen LogP contribution in [0.5, 0.6) is 0 Å². The fourth-order valence-corrected chi connectivity index (χ4v) is 1.45. The topological polar surface area (TPSA) is 87.2 Å². The lowest BCUT2D eigenvalue weighted by Gasteiger charge is -2.10. The first-order chi connectivity index (χ1) is 7.07. The molecule has 0 aromatic heterocycles. The molecule has 1 rings (SSSR count). The molecule has 0 saturated heterocycles. The fourth-order valence-electron chi connectivity index (χ4n) is 1.45. The molecule has 0 heterocycles. The van der Waals surface area contributed by atoms with Crippen LogP contribution < -0.4 is 0 Å². The quantitative estimate of drug-likeness (QED) is 0.603. The van der Waals surface area contributed by atoms with Gasteiger partial charge in [0.05, 0.1) is 29.1 Å². The van der Waals surface area contributed by atoms with Crippen molar-refractivity contribution in [3.05, 3.63) is 39.4 Å². The van der Waals surface area contributed by atoms with E-state index in [9.17, 15) is 15.2 Å². The molecular weight excluding hydrogens is 196 g/mol. The highest BCUT2D eigenvalue weighted by molar-refractivity contribution is 5.46. The van der Waals surface area contributed by atoms with Crippen molar-refractivity contribution < 1.29 is 10.0 Å². The van der Waals surface area contributed by atoms with Gasteiger partial charge in [0, 0.05) is 6.07 Å². The SMILES string of the molecule is Cc1cccc([N+](=O)[O-])c1C(O)CC#N. The Labute approximate surface area is 86.7 Å². The van der Waals surface area contributed by atoms with Gasteiger partial charge < -0.3 is 5.11 Å². The van der Waals surface area contributed by atoms with E-state index in [1.807, 2.05) is 0 Å². The van der Waals surface area contributed by atoms with Crippen LogP contribution in [0.1, 0.15) is 23.7 Å². The van der Waals surface area contributed by atoms with E-state index in [4.69, 9.17) is 5.26 Å². The molecule has 0 aliphatic carbocycles. The summed E-state index contributed by atoms with van der Waals surface area (Å²) in [4.78, 5) is 10.1. The molecule has 15 heavy (non-hydrogen) atoms. The Bertz CT molecular complexity index is 423. The number of benzene rings is 1. The average Bonchev–Trinajstić information content (AvgIpc) is 2.17. The van der Waals surface area contributed by atoms with E-state index in [1.165, 1.54) is 6.07 Å². The first-order valence-corrected chi connectivity index (χ1v) is 4.37. The average molecular weight is 206 g/mol. The van der Waals surface area contributed by atoms with Gasteiger partial charge in [-0.3, -0.25) is 10.1 Å². The summed E-state index contributed by atoms with van der Waals surface area (Å²) in [6.07, 6.45) is -1.25. The minimum atomic E-state index is -1.10. The molecule has 0 amide bonds. The van der Waals surface area contributed by atoms with Crippen molar-refractivity contribution in [3.63, 3.8) is 0 Å². The third-order valence-electron chi connectivity index (χ3n) is 2.12. The minimum Gasteiger partial charge on any atom is -0.387 e. The van der Waals surface area contributed by atoms with Gasteiger partial charge >= 0.3 is 0 Å². The molecule has 0 fully saturated rings. The minimum absolute atomic E-state index is 0.141. The molecule has 0 aliphatic rings. The van der Waals surface area contributed by atoms with E-state index < -0.39 is 11.0 Å². The second-order valence-corrected chi connectivity index (χ2v) is 3.14. The highest BCUT2D eigenvalue weighted by Gasteiger charge is 2.21. The van der Waals surface area contributed by atoms with Crippen molar-refractivity contribution >= 4 is 5.69 Å². The molecule has 5 heteroatoms. The van der Waals surface area contributed by atoms with Crippen molar-refractivity contribution in [2.75, 3.05) is 0 Å². The third kappa shape index (κ3) is 2.30. The van der Waals surface area contributed by atoms with E-state index in [0.29, 0.717) is 5.56 Å². The predicted molar refractivity (Wildman–Crippen MR) is 53.0 cm³/mol. The maximum atomic E-state index is 10.7. The number of nitriles is 1. The Morgan fingerprint density at radius 1 is 1.67 bits per heavy atom. The number of rotatable bonds is 3. The number of nitro groups is 1. The lowest BCUT2D eigenvalue weighted by Crippen LogP contribution is -2.04. The zero-order valence-corrected chi connectivity index (χ0v) is 8.17. The second-order valence-electron chi connectivity index (χ2n) is 3.14. The smallest absolute Gasteiger partial charge is 0.275 e. The van der Waals surface area contributed by atoms with Crippen molar-refractivity contribution in [1.29, 1.82) is 5.26 Å². The zero-order valence-electron chi connectivity index (χ0n) is 8.17. The van der Waals surface area contributed by atoms with Gasteiger partial charge in [0.1, 0.15) is 0 Å². The number of aryl methyl sites for hydroxylation is 1. The van der Waals surface area contributed by atoms with Crippen molar-refractivity contribution in [2.45, 2.75) is 19.4 Å². The Hall–Kier alpha value is -1.93. The highest BCUT2D eigenvalue weighted by Crippen LogP contribution is 2.29. The number of aliphatic hydroxyl groups is 1. The Kier molecular flexibility index (Phi) is 3.37. The van der Waals surface area contributed by atoms with Gasteiger partial charge in [0.15, 0.2) is 0 Å². The largest absolute Gasteiger partial charge is 0.387 e. The van der Waals surface area contributed by atoms with E-state index in [0.717, 1.165) is 0 Å². The molecular formula is C10H10N2O3. The Morgan fingerprint density at radius 3 is 2.87 bits per heavy atom. The summed E-state index contributed by atoms with van der Waals surface area (Å²) in [5, 5.41) is 28.7. The maximum Gasteiger partial charge on any atom is 0.275 e. The molecule has 0 spiro atoms. The van der Waals surface area contributed by atoms with Crippen LogP contribution in [-0.4, -0.2) is 10.0 Å². The van der Waals surface area contributed by atoms with Gasteiger partial charge in [0.2, 0.25) is 0 Å². The number of aliphatic hydroxyl groups excluding tert-OH is 1. The van der Waals surface area contributed by atoms with E-state index in [-0.39, 0.29) is 17.7 Å². The van der Waals surface area contributed by atoms with Gasteiger partial charge in [-0.15, -0.1) is 0 Å². The molecule has 0 radical (unpaired) electrons. The highest BCUT2D eigenvalue weighted by atomic mass is 16.6. The Morgan fingerprint density at radius 2 is 2.33 bits per heavy atom. The van der Waals surface area contributed by atoms with Crippen LogP contribution in [-0.2, 0) is 0 Å². The molecule has 0 bridgehead atoms. The van der Waals surface area contributed by atoms with Crippen LogP contribution in [0.25, 0.3) is 0 Å². The van der Waals surface area contributed by atoms with Gasteiger partial charge in [-0.05, 0) is 12.5 Å². The number of hydrogen-bond acceptors (Lipinski definition) is 4. The lowest BCUT2D eigenvalue weighted by molar-refractivity contribution is -0.386. The van der Waals surface area contributed by atoms with Crippen molar-refractivity contribution in [3.8, 4) is 6.07 Å². The van der Waals surface area contributed by atoms with E-state index >= 15 is 0 Å². The monoisotopic (exact) mass is 206 g/mol. The first kappa shape index (κ1) is 11.1.